The Morgan fingerprint density at radius 1 is 1.21 bits per heavy atom. The summed E-state index contributed by atoms with van der Waals surface area (Å²) in [6, 6.07) is 5.83. The molecule has 1 aromatic rings. The lowest BCUT2D eigenvalue weighted by Gasteiger charge is -2.11. The zero-order valence-corrected chi connectivity index (χ0v) is 12.5. The van der Waals surface area contributed by atoms with Crippen LogP contribution in [0, 0.1) is 0 Å². The van der Waals surface area contributed by atoms with Gasteiger partial charge in [-0.25, -0.2) is 0 Å². The third kappa shape index (κ3) is 5.83. The molecule has 0 atom stereocenters. The molecule has 0 aliphatic rings. The van der Waals surface area contributed by atoms with E-state index >= 15 is 0 Å². The van der Waals surface area contributed by atoms with Gasteiger partial charge in [0.15, 0.2) is 16.6 Å². The van der Waals surface area contributed by atoms with Gasteiger partial charge in [-0.15, -0.1) is 0 Å². The van der Waals surface area contributed by atoms with E-state index in [1.165, 1.54) is 11.8 Å². The van der Waals surface area contributed by atoms with E-state index in [-0.39, 0.29) is 5.12 Å². The molecular weight excluding hydrogens is 260 g/mol. The minimum absolute atomic E-state index is 0.131. The normalized spacial score (nSPS) is 10.7. The average Bonchev–Trinajstić information content (AvgIpc) is 2.38. The van der Waals surface area contributed by atoms with Gasteiger partial charge in [-0.3, -0.25) is 4.79 Å². The lowest BCUT2D eigenvalue weighted by atomic mass is 10.2. The van der Waals surface area contributed by atoms with E-state index in [1.807, 2.05) is 44.2 Å². The first-order valence-corrected chi connectivity index (χ1v) is 7.35. The molecule has 0 radical (unpaired) electrons. The van der Waals surface area contributed by atoms with Gasteiger partial charge in [-0.1, -0.05) is 30.0 Å². The molecule has 0 bridgehead atoms. The molecule has 0 N–H and O–H groups in total. The Kier molecular flexibility index (Phi) is 7.11. The topological polar surface area (TPSA) is 35.5 Å². The van der Waals surface area contributed by atoms with Crippen molar-refractivity contribution < 1.29 is 14.3 Å². The summed E-state index contributed by atoms with van der Waals surface area (Å²) in [5.41, 5.74) is 1.04. The Morgan fingerprint density at radius 3 is 2.53 bits per heavy atom. The van der Waals surface area contributed by atoms with Crippen molar-refractivity contribution in [1.29, 1.82) is 0 Å². The maximum Gasteiger partial charge on any atom is 0.186 e. The highest BCUT2D eigenvalue weighted by Gasteiger charge is 2.04. The van der Waals surface area contributed by atoms with Crippen molar-refractivity contribution in [3.8, 4) is 11.5 Å². The highest BCUT2D eigenvalue weighted by molar-refractivity contribution is 8.13. The first kappa shape index (κ1) is 15.6. The smallest absolute Gasteiger partial charge is 0.186 e. The Labute approximate surface area is 119 Å². The van der Waals surface area contributed by atoms with Crippen LogP contribution in [-0.2, 0) is 4.79 Å². The zero-order valence-electron chi connectivity index (χ0n) is 11.6. The minimum atomic E-state index is 0.131. The number of carbonyl (C=O) groups is 1. The molecule has 0 aliphatic heterocycles. The summed E-state index contributed by atoms with van der Waals surface area (Å²) >= 11 is 1.29. The van der Waals surface area contributed by atoms with Crippen LogP contribution in [0.2, 0.25) is 0 Å². The Hall–Kier alpha value is -1.42. The molecule has 0 fully saturated rings. The fourth-order valence-corrected chi connectivity index (χ4v) is 1.95. The largest absolute Gasteiger partial charge is 0.490 e. The lowest BCUT2D eigenvalue weighted by Crippen LogP contribution is -1.98. The number of thioether (sulfide) groups is 1. The summed E-state index contributed by atoms with van der Waals surface area (Å²) in [7, 11) is 0. The van der Waals surface area contributed by atoms with E-state index in [2.05, 4.69) is 0 Å². The molecule has 0 saturated carbocycles. The van der Waals surface area contributed by atoms with Gasteiger partial charge >= 0.3 is 0 Å². The van der Waals surface area contributed by atoms with Crippen molar-refractivity contribution in [2.24, 2.45) is 0 Å². The number of rotatable bonds is 7. The van der Waals surface area contributed by atoms with Crippen LogP contribution in [-0.4, -0.2) is 24.1 Å². The highest BCUT2D eigenvalue weighted by atomic mass is 32.2. The first-order valence-electron chi connectivity index (χ1n) is 6.37. The SMILES string of the molecule is CCOc1ccc(C=CCSC(C)=O)cc1OCC. The van der Waals surface area contributed by atoms with Gasteiger partial charge in [0.05, 0.1) is 13.2 Å². The molecule has 0 unspecified atom stereocenters. The number of ether oxygens (including phenoxy) is 2. The second kappa shape index (κ2) is 8.64. The van der Waals surface area contributed by atoms with Crippen molar-refractivity contribution in [2.45, 2.75) is 20.8 Å². The van der Waals surface area contributed by atoms with Gasteiger partial charge < -0.3 is 9.47 Å². The third-order valence-electron chi connectivity index (χ3n) is 2.26. The Balaban J connectivity index is 2.74. The summed E-state index contributed by atoms with van der Waals surface area (Å²) < 4.78 is 11.1. The summed E-state index contributed by atoms with van der Waals surface area (Å²) in [6.45, 7) is 6.69. The molecule has 19 heavy (non-hydrogen) atoms. The van der Waals surface area contributed by atoms with Gasteiger partial charge in [-0.2, -0.15) is 0 Å². The molecule has 0 heterocycles. The van der Waals surface area contributed by atoms with E-state index in [0.29, 0.717) is 19.0 Å². The summed E-state index contributed by atoms with van der Waals surface area (Å²) in [5.74, 6) is 2.21. The number of hydrogen-bond acceptors (Lipinski definition) is 4. The van der Waals surface area contributed by atoms with Crippen LogP contribution in [0.5, 0.6) is 11.5 Å². The maximum atomic E-state index is 10.8. The standard InChI is InChI=1S/C15H20O3S/c1-4-17-14-9-8-13(11-15(14)18-5-2)7-6-10-19-12(3)16/h6-9,11H,4-5,10H2,1-3H3. The second-order valence-electron chi connectivity index (χ2n) is 3.78. The number of benzene rings is 1. The van der Waals surface area contributed by atoms with E-state index < -0.39 is 0 Å². The van der Waals surface area contributed by atoms with Crippen LogP contribution >= 0.6 is 11.8 Å². The number of carbonyl (C=O) groups excluding carboxylic acids is 1. The molecule has 4 heteroatoms. The van der Waals surface area contributed by atoms with Crippen LogP contribution < -0.4 is 9.47 Å². The van der Waals surface area contributed by atoms with Crippen molar-refractivity contribution in [2.75, 3.05) is 19.0 Å². The fraction of sp³-hybridized carbons (Fsp3) is 0.400. The molecule has 0 aliphatic carbocycles. The van der Waals surface area contributed by atoms with Gasteiger partial charge in [-0.05, 0) is 31.5 Å². The zero-order chi connectivity index (χ0) is 14.1. The van der Waals surface area contributed by atoms with Crippen molar-refractivity contribution >= 4 is 23.0 Å². The fourth-order valence-electron chi connectivity index (χ4n) is 1.52. The van der Waals surface area contributed by atoms with Crippen LogP contribution in [0.15, 0.2) is 24.3 Å². The number of hydrogen-bond donors (Lipinski definition) is 0. The predicted octanol–water partition coefficient (Wildman–Crippen LogP) is 3.78. The summed E-state index contributed by atoms with van der Waals surface area (Å²) in [5, 5.41) is 0.131. The lowest BCUT2D eigenvalue weighted by molar-refractivity contribution is -0.109. The van der Waals surface area contributed by atoms with Crippen molar-refractivity contribution in [3.63, 3.8) is 0 Å². The Morgan fingerprint density at radius 2 is 1.89 bits per heavy atom. The summed E-state index contributed by atoms with van der Waals surface area (Å²) in [6.07, 6.45) is 3.95. The van der Waals surface area contributed by atoms with Crippen molar-refractivity contribution in [3.05, 3.63) is 29.8 Å². The van der Waals surface area contributed by atoms with E-state index in [4.69, 9.17) is 9.47 Å². The van der Waals surface area contributed by atoms with Crippen LogP contribution in [0.1, 0.15) is 26.3 Å². The molecule has 1 rings (SSSR count). The molecule has 3 nitrogen and oxygen atoms in total. The third-order valence-corrected chi connectivity index (χ3v) is 3.03. The summed E-state index contributed by atoms with van der Waals surface area (Å²) in [4.78, 5) is 10.8. The van der Waals surface area contributed by atoms with E-state index in [1.54, 1.807) is 6.92 Å². The molecule has 0 saturated heterocycles. The molecule has 0 spiro atoms. The van der Waals surface area contributed by atoms with Crippen LogP contribution in [0.3, 0.4) is 0 Å². The molecule has 0 aromatic heterocycles. The minimum Gasteiger partial charge on any atom is -0.490 e. The molecule has 1 aromatic carbocycles. The van der Waals surface area contributed by atoms with Crippen LogP contribution in [0.25, 0.3) is 6.08 Å². The second-order valence-corrected chi connectivity index (χ2v) is 4.97. The Bertz CT molecular complexity index is 441. The molecular formula is C15H20O3S. The van der Waals surface area contributed by atoms with Gasteiger partial charge in [0.25, 0.3) is 0 Å². The average molecular weight is 280 g/mol. The monoisotopic (exact) mass is 280 g/mol. The van der Waals surface area contributed by atoms with Gasteiger partial charge in [0.1, 0.15) is 0 Å². The van der Waals surface area contributed by atoms with E-state index in [9.17, 15) is 4.79 Å². The first-order chi connectivity index (χ1) is 9.17. The van der Waals surface area contributed by atoms with Crippen LogP contribution in [0.4, 0.5) is 0 Å². The van der Waals surface area contributed by atoms with E-state index in [0.717, 1.165) is 17.1 Å². The molecule has 0 amide bonds. The molecule has 104 valence electrons. The highest BCUT2D eigenvalue weighted by Crippen LogP contribution is 2.29. The van der Waals surface area contributed by atoms with Crippen molar-refractivity contribution in [1.82, 2.24) is 0 Å². The van der Waals surface area contributed by atoms with Gasteiger partial charge in [0.2, 0.25) is 0 Å². The maximum absolute atomic E-state index is 10.8. The quantitative estimate of drug-likeness (QED) is 0.761. The van der Waals surface area contributed by atoms with Gasteiger partial charge in [0, 0.05) is 12.7 Å². The predicted molar refractivity (Wildman–Crippen MR) is 81.0 cm³/mol.